The van der Waals surface area contributed by atoms with Gasteiger partial charge in [-0.15, -0.1) is 0 Å². The Balaban J connectivity index is 1.73. The fraction of sp³-hybridized carbons (Fsp3) is 0.158. The number of amides is 1. The van der Waals surface area contributed by atoms with Gasteiger partial charge in [-0.2, -0.15) is 0 Å². The van der Waals surface area contributed by atoms with Crippen LogP contribution in [0, 0.1) is 0 Å². The van der Waals surface area contributed by atoms with Crippen LogP contribution in [-0.4, -0.2) is 24.5 Å². The lowest BCUT2D eigenvalue weighted by Gasteiger charge is -2.13. The SMILES string of the molecule is O=C1NCc2c1nc1ccc3c(c1c2-c1ccc2c(c1)OCO2)OCO3. The predicted molar refractivity (Wildman–Crippen MR) is 90.6 cm³/mol. The van der Waals surface area contributed by atoms with E-state index >= 15 is 0 Å². The standard InChI is InChI=1S/C19H12N2O5/c22-19-17-10(6-20-19)15(9-1-3-12-14(5-9)25-7-23-12)16-11(21-17)2-4-13-18(16)26-8-24-13/h1-5H,6-8H2,(H,20,22). The highest BCUT2D eigenvalue weighted by atomic mass is 16.7. The van der Waals surface area contributed by atoms with E-state index in [1.807, 2.05) is 30.3 Å². The minimum atomic E-state index is -0.165. The quantitative estimate of drug-likeness (QED) is 0.728. The molecule has 3 aliphatic rings. The second kappa shape index (κ2) is 4.78. The van der Waals surface area contributed by atoms with Crippen LogP contribution in [-0.2, 0) is 6.54 Å². The van der Waals surface area contributed by atoms with Crippen molar-refractivity contribution < 1.29 is 23.7 Å². The summed E-state index contributed by atoms with van der Waals surface area (Å²) in [5.74, 6) is 2.57. The molecular weight excluding hydrogens is 336 g/mol. The van der Waals surface area contributed by atoms with Crippen molar-refractivity contribution in [3.8, 4) is 34.1 Å². The zero-order valence-corrected chi connectivity index (χ0v) is 13.5. The topological polar surface area (TPSA) is 78.9 Å². The van der Waals surface area contributed by atoms with Crippen LogP contribution < -0.4 is 24.3 Å². The van der Waals surface area contributed by atoms with E-state index in [0.717, 1.165) is 22.1 Å². The van der Waals surface area contributed by atoms with Crippen molar-refractivity contribution in [2.45, 2.75) is 6.54 Å². The number of nitrogens with zero attached hydrogens (tertiary/aromatic N) is 1. The first-order valence-electron chi connectivity index (χ1n) is 8.23. The van der Waals surface area contributed by atoms with Crippen LogP contribution >= 0.6 is 0 Å². The molecule has 0 radical (unpaired) electrons. The van der Waals surface area contributed by atoms with E-state index in [1.165, 1.54) is 0 Å². The molecule has 0 spiro atoms. The first-order valence-corrected chi connectivity index (χ1v) is 8.23. The van der Waals surface area contributed by atoms with E-state index in [2.05, 4.69) is 10.3 Å². The highest BCUT2D eigenvalue weighted by Crippen LogP contribution is 2.47. The zero-order chi connectivity index (χ0) is 17.3. The molecule has 0 saturated heterocycles. The summed E-state index contributed by atoms with van der Waals surface area (Å²) < 4.78 is 22.2. The summed E-state index contributed by atoms with van der Waals surface area (Å²) in [5, 5.41) is 3.70. The van der Waals surface area contributed by atoms with Crippen LogP contribution in [0.15, 0.2) is 30.3 Å². The Morgan fingerprint density at radius 3 is 2.69 bits per heavy atom. The fourth-order valence-electron chi connectivity index (χ4n) is 3.74. The fourth-order valence-corrected chi connectivity index (χ4v) is 3.74. The number of hydrogen-bond acceptors (Lipinski definition) is 6. The molecule has 3 aliphatic heterocycles. The number of benzene rings is 2. The van der Waals surface area contributed by atoms with Gasteiger partial charge < -0.3 is 24.3 Å². The molecule has 0 atom stereocenters. The number of rotatable bonds is 1. The van der Waals surface area contributed by atoms with Crippen molar-refractivity contribution in [1.29, 1.82) is 0 Å². The first kappa shape index (κ1) is 13.8. The van der Waals surface area contributed by atoms with Crippen molar-refractivity contribution in [3.63, 3.8) is 0 Å². The van der Waals surface area contributed by atoms with Crippen molar-refractivity contribution >= 4 is 16.8 Å². The maximum atomic E-state index is 12.2. The van der Waals surface area contributed by atoms with Gasteiger partial charge in [0.25, 0.3) is 5.91 Å². The number of carbonyl (C=O) groups excluding carboxylic acids is 1. The third-order valence-corrected chi connectivity index (χ3v) is 4.89. The lowest BCUT2D eigenvalue weighted by atomic mass is 9.94. The van der Waals surface area contributed by atoms with Gasteiger partial charge >= 0.3 is 0 Å². The molecule has 6 rings (SSSR count). The summed E-state index contributed by atoms with van der Waals surface area (Å²) >= 11 is 0. The van der Waals surface area contributed by atoms with E-state index in [4.69, 9.17) is 18.9 Å². The second-order valence-electron chi connectivity index (χ2n) is 6.26. The largest absolute Gasteiger partial charge is 0.454 e. The van der Waals surface area contributed by atoms with E-state index in [9.17, 15) is 4.79 Å². The van der Waals surface area contributed by atoms with Crippen LogP contribution in [0.4, 0.5) is 0 Å². The molecule has 0 aliphatic carbocycles. The zero-order valence-electron chi connectivity index (χ0n) is 13.5. The van der Waals surface area contributed by atoms with E-state index in [-0.39, 0.29) is 19.5 Å². The van der Waals surface area contributed by atoms with Gasteiger partial charge in [0.15, 0.2) is 23.0 Å². The van der Waals surface area contributed by atoms with Gasteiger partial charge in [-0.1, -0.05) is 6.07 Å². The number of carbonyl (C=O) groups is 1. The summed E-state index contributed by atoms with van der Waals surface area (Å²) in [5.41, 5.74) is 3.81. The summed E-state index contributed by atoms with van der Waals surface area (Å²) in [7, 11) is 0. The number of aromatic nitrogens is 1. The molecule has 26 heavy (non-hydrogen) atoms. The molecule has 7 heteroatoms. The van der Waals surface area contributed by atoms with E-state index in [0.29, 0.717) is 40.8 Å². The maximum absolute atomic E-state index is 12.2. The predicted octanol–water partition coefficient (Wildman–Crippen LogP) is 2.60. The molecule has 0 fully saturated rings. The Kier molecular flexibility index (Phi) is 2.53. The Hall–Kier alpha value is -3.48. The Morgan fingerprint density at radius 2 is 1.73 bits per heavy atom. The van der Waals surface area contributed by atoms with Gasteiger partial charge in [-0.05, 0) is 29.8 Å². The molecule has 128 valence electrons. The van der Waals surface area contributed by atoms with Crippen molar-refractivity contribution in [3.05, 3.63) is 41.6 Å². The highest BCUT2D eigenvalue weighted by molar-refractivity contribution is 6.08. The molecule has 1 aromatic heterocycles. The van der Waals surface area contributed by atoms with E-state index in [1.54, 1.807) is 0 Å². The molecule has 1 amide bonds. The monoisotopic (exact) mass is 348 g/mol. The van der Waals surface area contributed by atoms with Crippen molar-refractivity contribution in [1.82, 2.24) is 10.3 Å². The minimum Gasteiger partial charge on any atom is -0.454 e. The molecule has 3 aromatic rings. The number of nitrogens with one attached hydrogen (secondary N) is 1. The number of pyridine rings is 1. The van der Waals surface area contributed by atoms with Gasteiger partial charge in [0.1, 0.15) is 5.69 Å². The van der Waals surface area contributed by atoms with Gasteiger partial charge in [-0.25, -0.2) is 4.98 Å². The summed E-state index contributed by atoms with van der Waals surface area (Å²) in [4.78, 5) is 16.8. The third-order valence-electron chi connectivity index (χ3n) is 4.89. The van der Waals surface area contributed by atoms with Crippen molar-refractivity contribution in [2.24, 2.45) is 0 Å². The number of fused-ring (bicyclic) bond motifs is 5. The van der Waals surface area contributed by atoms with Gasteiger partial charge in [0.2, 0.25) is 13.6 Å². The Bertz CT molecular complexity index is 1120. The molecule has 2 aromatic carbocycles. The number of hydrogen-bond donors (Lipinski definition) is 1. The third kappa shape index (κ3) is 1.72. The highest BCUT2D eigenvalue weighted by Gasteiger charge is 2.30. The molecular formula is C19H12N2O5. The van der Waals surface area contributed by atoms with Crippen LogP contribution in [0.3, 0.4) is 0 Å². The first-order chi connectivity index (χ1) is 12.8. The summed E-state index contributed by atoms with van der Waals surface area (Å²) in [6, 6.07) is 9.43. The van der Waals surface area contributed by atoms with Gasteiger partial charge in [0, 0.05) is 17.7 Å². The van der Waals surface area contributed by atoms with Crippen LogP contribution in [0.5, 0.6) is 23.0 Å². The molecule has 0 saturated carbocycles. The lowest BCUT2D eigenvalue weighted by Crippen LogP contribution is -2.13. The normalized spacial score (nSPS) is 16.1. The molecule has 0 unspecified atom stereocenters. The van der Waals surface area contributed by atoms with Crippen LogP contribution in [0.2, 0.25) is 0 Å². The smallest absolute Gasteiger partial charge is 0.270 e. The van der Waals surface area contributed by atoms with Gasteiger partial charge in [0.05, 0.1) is 10.9 Å². The molecule has 0 bridgehead atoms. The Morgan fingerprint density at radius 1 is 0.923 bits per heavy atom. The van der Waals surface area contributed by atoms with E-state index < -0.39 is 0 Å². The second-order valence-corrected chi connectivity index (χ2v) is 6.26. The minimum absolute atomic E-state index is 0.165. The summed E-state index contributed by atoms with van der Waals surface area (Å²) in [6.07, 6.45) is 0. The van der Waals surface area contributed by atoms with Crippen molar-refractivity contribution in [2.75, 3.05) is 13.6 Å². The average Bonchev–Trinajstić information content (AvgIpc) is 3.39. The number of ether oxygens (including phenoxy) is 4. The maximum Gasteiger partial charge on any atom is 0.270 e. The molecule has 7 nitrogen and oxygen atoms in total. The van der Waals surface area contributed by atoms with Gasteiger partial charge in [-0.3, -0.25) is 4.79 Å². The Labute approximate surface area is 147 Å². The van der Waals surface area contributed by atoms with Crippen LogP contribution in [0.1, 0.15) is 16.1 Å². The molecule has 1 N–H and O–H groups in total. The lowest BCUT2D eigenvalue weighted by molar-refractivity contribution is 0.0961. The van der Waals surface area contributed by atoms with Crippen LogP contribution in [0.25, 0.3) is 22.0 Å². The average molecular weight is 348 g/mol. The molecule has 4 heterocycles. The summed E-state index contributed by atoms with van der Waals surface area (Å²) in [6.45, 7) is 0.801.